The van der Waals surface area contributed by atoms with Crippen LogP contribution in [-0.4, -0.2) is 23.3 Å². The molecule has 116 valence electrons. The van der Waals surface area contributed by atoms with Gasteiger partial charge in [0.2, 0.25) is 5.92 Å². The monoisotopic (exact) mass is 394 g/mol. The summed E-state index contributed by atoms with van der Waals surface area (Å²) in [4.78, 5) is 4.57. The highest BCUT2D eigenvalue weighted by Gasteiger charge is 2.34. The summed E-state index contributed by atoms with van der Waals surface area (Å²) in [5.41, 5.74) is 1.23. The molecule has 1 aliphatic carbocycles. The number of nitrogens with zero attached hydrogens (tertiary/aromatic N) is 1. The summed E-state index contributed by atoms with van der Waals surface area (Å²) in [5.74, 6) is -2.46. The molecule has 0 saturated heterocycles. The molecule has 2 aliphatic rings. The smallest absolute Gasteiger partial charge is 0.248 e. The molecule has 3 rings (SSSR count). The summed E-state index contributed by atoms with van der Waals surface area (Å²) in [7, 11) is 2.06. The normalized spacial score (nSPS) is 25.1. The number of nitrogens with one attached hydrogen (secondary N) is 1. The van der Waals surface area contributed by atoms with Crippen LogP contribution >= 0.6 is 39.6 Å². The van der Waals surface area contributed by atoms with Crippen molar-refractivity contribution in [1.82, 2.24) is 4.72 Å². The third-order valence-electron chi connectivity index (χ3n) is 3.90. The van der Waals surface area contributed by atoms with Gasteiger partial charge >= 0.3 is 0 Å². The molecule has 0 radical (unpaired) electrons. The minimum absolute atomic E-state index is 0.00132. The van der Waals surface area contributed by atoms with Crippen molar-refractivity contribution >= 4 is 45.3 Å². The Labute approximate surface area is 140 Å². The Balaban J connectivity index is 1.56. The summed E-state index contributed by atoms with van der Waals surface area (Å²) in [6, 6.07) is 6.54. The highest BCUT2D eigenvalue weighted by Crippen LogP contribution is 2.46. The van der Waals surface area contributed by atoms with Crippen molar-refractivity contribution in [3.05, 3.63) is 18.2 Å². The highest BCUT2D eigenvalue weighted by molar-refractivity contribution is 9.11. The lowest BCUT2D eigenvalue weighted by molar-refractivity contribution is -0.0385. The lowest BCUT2D eigenvalue weighted by atomic mass is 9.93. The maximum absolute atomic E-state index is 13.1. The van der Waals surface area contributed by atoms with E-state index in [1.165, 1.54) is 10.6 Å². The Morgan fingerprint density at radius 1 is 1.38 bits per heavy atom. The van der Waals surface area contributed by atoms with Gasteiger partial charge in [-0.1, -0.05) is 27.7 Å². The Hall–Kier alpha value is 0.0200. The first kappa shape index (κ1) is 15.9. The summed E-state index contributed by atoms with van der Waals surface area (Å²) in [6.07, 6.45) is 1.10. The highest BCUT2D eigenvalue weighted by atomic mass is 79.9. The maximum Gasteiger partial charge on any atom is 0.248 e. The van der Waals surface area contributed by atoms with Crippen LogP contribution in [0.4, 0.5) is 14.5 Å². The fraction of sp³-hybridized carbons (Fsp3) is 0.571. The first-order chi connectivity index (χ1) is 9.94. The molecule has 2 nitrogen and oxygen atoms in total. The zero-order chi connectivity index (χ0) is 15.0. The molecule has 1 fully saturated rings. The van der Waals surface area contributed by atoms with Crippen molar-refractivity contribution < 1.29 is 8.78 Å². The molecular formula is C14H17BrF2N2S2. The van der Waals surface area contributed by atoms with Gasteiger partial charge < -0.3 is 4.90 Å². The zero-order valence-electron chi connectivity index (χ0n) is 11.6. The molecule has 0 spiro atoms. The lowest BCUT2D eigenvalue weighted by Gasteiger charge is -2.28. The predicted octanol–water partition coefficient (Wildman–Crippen LogP) is 5.08. The number of hydrogen-bond donors (Lipinski definition) is 1. The molecule has 1 aromatic rings. The molecule has 0 amide bonds. The van der Waals surface area contributed by atoms with E-state index < -0.39 is 5.92 Å². The van der Waals surface area contributed by atoms with Gasteiger partial charge in [-0.25, -0.2) is 8.78 Å². The molecule has 1 aromatic carbocycles. The average molecular weight is 395 g/mol. The third kappa shape index (κ3) is 3.68. The number of fused-ring (bicyclic) bond motifs is 1. The van der Waals surface area contributed by atoms with Crippen LogP contribution in [-0.2, 0) is 0 Å². The number of anilines is 1. The van der Waals surface area contributed by atoms with Crippen LogP contribution in [0.2, 0.25) is 0 Å². The van der Waals surface area contributed by atoms with Crippen LogP contribution in [0.15, 0.2) is 28.0 Å². The summed E-state index contributed by atoms with van der Waals surface area (Å²) < 4.78 is 29.9. The van der Waals surface area contributed by atoms with Gasteiger partial charge in [-0.05, 0) is 43.0 Å². The van der Waals surface area contributed by atoms with E-state index in [1.54, 1.807) is 23.7 Å². The van der Waals surface area contributed by atoms with E-state index in [9.17, 15) is 8.78 Å². The summed E-state index contributed by atoms with van der Waals surface area (Å²) in [6.45, 7) is 0. The zero-order valence-corrected chi connectivity index (χ0v) is 14.8. The van der Waals surface area contributed by atoms with E-state index in [-0.39, 0.29) is 23.2 Å². The van der Waals surface area contributed by atoms with E-state index in [0.29, 0.717) is 12.8 Å². The average Bonchev–Trinajstić information content (AvgIpc) is 2.72. The number of benzene rings is 1. The van der Waals surface area contributed by atoms with Crippen molar-refractivity contribution in [3.63, 3.8) is 0 Å². The van der Waals surface area contributed by atoms with E-state index >= 15 is 0 Å². The predicted molar refractivity (Wildman–Crippen MR) is 89.6 cm³/mol. The minimum Gasteiger partial charge on any atom is -0.352 e. The Bertz CT molecular complexity index is 520. The second kappa shape index (κ2) is 6.26. The summed E-state index contributed by atoms with van der Waals surface area (Å²) >= 11 is 6.95. The SMILES string of the molecule is CN1c2ccc(SNC3CCC(F)(F)CC3)cc2SC1Br. The van der Waals surface area contributed by atoms with Crippen molar-refractivity contribution in [2.75, 3.05) is 11.9 Å². The second-order valence-electron chi connectivity index (χ2n) is 5.50. The Morgan fingerprint density at radius 3 is 2.81 bits per heavy atom. The largest absolute Gasteiger partial charge is 0.352 e. The molecule has 1 aliphatic heterocycles. The number of thioether (sulfide) groups is 1. The molecule has 1 N–H and O–H groups in total. The van der Waals surface area contributed by atoms with Crippen LogP contribution < -0.4 is 9.62 Å². The molecular weight excluding hydrogens is 378 g/mol. The van der Waals surface area contributed by atoms with Gasteiger partial charge in [0.15, 0.2) is 0 Å². The number of halogens is 3. The molecule has 7 heteroatoms. The van der Waals surface area contributed by atoms with Crippen molar-refractivity contribution in [3.8, 4) is 0 Å². The topological polar surface area (TPSA) is 15.3 Å². The molecule has 1 saturated carbocycles. The molecule has 21 heavy (non-hydrogen) atoms. The van der Waals surface area contributed by atoms with Crippen LogP contribution in [0, 0.1) is 0 Å². The first-order valence-electron chi connectivity index (χ1n) is 6.92. The number of rotatable bonds is 3. The Morgan fingerprint density at radius 2 is 2.10 bits per heavy atom. The minimum atomic E-state index is -2.46. The molecule has 0 aromatic heterocycles. The van der Waals surface area contributed by atoms with E-state index in [2.05, 4.69) is 50.8 Å². The lowest BCUT2D eigenvalue weighted by Crippen LogP contribution is -2.33. The van der Waals surface area contributed by atoms with Gasteiger partial charge in [0.05, 0.1) is 5.69 Å². The summed E-state index contributed by atoms with van der Waals surface area (Å²) in [5, 5.41) is 0. The van der Waals surface area contributed by atoms with Crippen molar-refractivity contribution in [2.45, 2.75) is 51.7 Å². The van der Waals surface area contributed by atoms with Crippen molar-refractivity contribution in [2.24, 2.45) is 0 Å². The Kier molecular flexibility index (Phi) is 4.74. The molecule has 1 atom stereocenters. The molecule has 1 heterocycles. The van der Waals surface area contributed by atoms with E-state index in [1.807, 2.05) is 0 Å². The van der Waals surface area contributed by atoms with Gasteiger partial charge in [-0.15, -0.1) is 0 Å². The molecule has 1 unspecified atom stereocenters. The number of alkyl halides is 3. The van der Waals surface area contributed by atoms with E-state index in [0.717, 1.165) is 4.90 Å². The van der Waals surface area contributed by atoms with Gasteiger partial charge in [-0.3, -0.25) is 4.72 Å². The van der Waals surface area contributed by atoms with Crippen LogP contribution in [0.5, 0.6) is 0 Å². The third-order valence-corrected chi connectivity index (χ3v) is 7.11. The van der Waals surface area contributed by atoms with E-state index in [4.69, 9.17) is 0 Å². The first-order valence-corrected chi connectivity index (χ1v) is 9.54. The van der Waals surface area contributed by atoms with Gasteiger partial charge in [0.1, 0.15) is 4.28 Å². The fourth-order valence-corrected chi connectivity index (χ4v) is 5.31. The second-order valence-corrected chi connectivity index (χ2v) is 9.01. The fourth-order valence-electron chi connectivity index (χ4n) is 2.55. The van der Waals surface area contributed by atoms with Gasteiger partial charge in [-0.2, -0.15) is 0 Å². The molecule has 0 bridgehead atoms. The van der Waals surface area contributed by atoms with Crippen molar-refractivity contribution in [1.29, 1.82) is 0 Å². The van der Waals surface area contributed by atoms with Crippen LogP contribution in [0.3, 0.4) is 0 Å². The quantitative estimate of drug-likeness (QED) is 0.436. The van der Waals surface area contributed by atoms with Gasteiger partial charge in [0, 0.05) is 35.7 Å². The number of hydrogen-bond acceptors (Lipinski definition) is 4. The van der Waals surface area contributed by atoms with Crippen LogP contribution in [0.1, 0.15) is 25.7 Å². The maximum atomic E-state index is 13.1. The van der Waals surface area contributed by atoms with Crippen LogP contribution in [0.25, 0.3) is 0 Å². The van der Waals surface area contributed by atoms with Gasteiger partial charge in [0.25, 0.3) is 0 Å². The standard InChI is InChI=1S/C14H17BrF2N2S2/c1-19-11-3-2-10(8-12(11)20-13(19)15)21-18-9-4-6-14(16,17)7-5-9/h2-3,8-9,13,18H,4-7H2,1H3.